The van der Waals surface area contributed by atoms with Gasteiger partial charge in [-0.2, -0.15) is 0 Å². The zero-order valence-electron chi connectivity index (χ0n) is 26.4. The van der Waals surface area contributed by atoms with Crippen LogP contribution < -0.4 is 5.32 Å². The summed E-state index contributed by atoms with van der Waals surface area (Å²) < 4.78 is 12.5. The number of rotatable bonds is 15. The number of ether oxygens (including phenoxy) is 2. The van der Waals surface area contributed by atoms with Crippen molar-refractivity contribution in [3.63, 3.8) is 0 Å². The van der Waals surface area contributed by atoms with Crippen molar-refractivity contribution in [3.05, 3.63) is 25.3 Å². The third-order valence-corrected chi connectivity index (χ3v) is 11.0. The van der Waals surface area contributed by atoms with Crippen LogP contribution >= 0.6 is 15.9 Å². The summed E-state index contributed by atoms with van der Waals surface area (Å²) in [4.78, 5) is 58.3. The minimum Gasteiger partial charge on any atom is -0.460 e. The number of nitrogens with zero attached hydrogens (tertiary/aromatic N) is 2. The highest BCUT2D eigenvalue weighted by Gasteiger charge is 2.77. The number of hydrogen-bond acceptors (Lipinski definition) is 7. The summed E-state index contributed by atoms with van der Waals surface area (Å²) in [5, 5.41) is 13.4. The highest BCUT2D eigenvalue weighted by atomic mass is 79.9. The van der Waals surface area contributed by atoms with E-state index in [0.29, 0.717) is 32.2 Å². The molecule has 3 aliphatic heterocycles. The van der Waals surface area contributed by atoms with Gasteiger partial charge in [0.15, 0.2) is 0 Å². The molecule has 3 saturated heterocycles. The number of fused-ring (bicyclic) bond motifs is 1. The minimum absolute atomic E-state index is 0.0273. The quantitative estimate of drug-likeness (QED) is 0.154. The Hall–Kier alpha value is -2.24. The maximum absolute atomic E-state index is 14.8. The Labute approximate surface area is 270 Å². The second kappa shape index (κ2) is 14.9. The Balaban J connectivity index is 1.67. The maximum atomic E-state index is 14.8. The lowest BCUT2D eigenvalue weighted by Gasteiger charge is -2.43. The second-order valence-electron chi connectivity index (χ2n) is 13.0. The molecule has 0 aromatic rings. The zero-order valence-corrected chi connectivity index (χ0v) is 28.0. The van der Waals surface area contributed by atoms with Crippen LogP contribution in [0, 0.1) is 17.8 Å². The molecule has 4 fully saturated rings. The Bertz CT molecular complexity index is 1100. The Kier molecular flexibility index (Phi) is 11.7. The molecule has 1 spiro atoms. The first kappa shape index (κ1) is 34.6. The topological polar surface area (TPSA) is 125 Å². The number of carbonyl (C=O) groups excluding carboxylic acids is 4. The average molecular weight is 681 g/mol. The predicted molar refractivity (Wildman–Crippen MR) is 170 cm³/mol. The third-order valence-electron chi connectivity index (χ3n) is 10.2. The molecule has 2 N–H and O–H groups in total. The molecule has 3 amide bonds. The number of esters is 1. The highest BCUT2D eigenvalue weighted by molar-refractivity contribution is 9.09. The monoisotopic (exact) mass is 679 g/mol. The van der Waals surface area contributed by atoms with Gasteiger partial charge in [0.05, 0.1) is 37.1 Å². The number of alkyl halides is 1. The van der Waals surface area contributed by atoms with Crippen LogP contribution in [0.25, 0.3) is 0 Å². The molecule has 1 unspecified atom stereocenters. The van der Waals surface area contributed by atoms with Gasteiger partial charge in [0.25, 0.3) is 0 Å². The summed E-state index contributed by atoms with van der Waals surface area (Å²) in [6.07, 6.45) is 8.97. The molecule has 44 heavy (non-hydrogen) atoms. The number of allylic oxidation sites excluding steroid dienone is 1. The number of hydrogen-bond donors (Lipinski definition) is 2. The van der Waals surface area contributed by atoms with Crippen molar-refractivity contribution in [3.8, 4) is 0 Å². The molecule has 4 aliphatic rings. The average Bonchev–Trinajstić information content (AvgIpc) is 3.61. The van der Waals surface area contributed by atoms with Crippen molar-refractivity contribution < 1.29 is 33.8 Å². The van der Waals surface area contributed by atoms with Gasteiger partial charge in [-0.05, 0) is 38.5 Å². The van der Waals surface area contributed by atoms with Gasteiger partial charge in [0.1, 0.15) is 17.7 Å². The largest absolute Gasteiger partial charge is 0.460 e. The lowest BCUT2D eigenvalue weighted by Crippen LogP contribution is -2.61. The van der Waals surface area contributed by atoms with Gasteiger partial charge in [-0.3, -0.25) is 19.2 Å². The van der Waals surface area contributed by atoms with E-state index in [9.17, 15) is 24.3 Å². The Morgan fingerprint density at radius 2 is 1.93 bits per heavy atom. The van der Waals surface area contributed by atoms with Crippen molar-refractivity contribution in [2.24, 2.45) is 17.8 Å². The molecular formula is C33H50BrN3O7. The molecule has 0 radical (unpaired) electrons. The molecule has 4 rings (SSSR count). The smallest absolute Gasteiger partial charge is 0.312 e. The van der Waals surface area contributed by atoms with Gasteiger partial charge in [-0.25, -0.2) is 0 Å². The number of halogens is 1. The van der Waals surface area contributed by atoms with Crippen LogP contribution in [0.2, 0.25) is 0 Å². The van der Waals surface area contributed by atoms with Crippen molar-refractivity contribution in [2.45, 2.75) is 119 Å². The van der Waals surface area contributed by atoms with E-state index >= 15 is 0 Å². The second-order valence-corrected chi connectivity index (χ2v) is 14.2. The molecule has 0 aromatic heterocycles. The van der Waals surface area contributed by atoms with Gasteiger partial charge in [-0.15, -0.1) is 13.2 Å². The number of carbonyl (C=O) groups is 4. The first-order chi connectivity index (χ1) is 21.1. The highest BCUT2D eigenvalue weighted by Crippen LogP contribution is 2.61. The molecule has 9 atom stereocenters. The van der Waals surface area contributed by atoms with Gasteiger partial charge in [-0.1, -0.05) is 67.6 Å². The zero-order chi connectivity index (χ0) is 32.2. The third kappa shape index (κ3) is 6.51. The number of nitrogens with one attached hydrogen (secondary N) is 1. The molecule has 246 valence electrons. The number of amides is 3. The van der Waals surface area contributed by atoms with E-state index in [1.807, 2.05) is 18.7 Å². The van der Waals surface area contributed by atoms with E-state index in [0.717, 1.165) is 32.1 Å². The summed E-state index contributed by atoms with van der Waals surface area (Å²) in [7, 11) is 0. The fourth-order valence-corrected chi connectivity index (χ4v) is 8.74. The first-order valence-corrected chi connectivity index (χ1v) is 17.2. The van der Waals surface area contributed by atoms with Crippen molar-refractivity contribution in [1.29, 1.82) is 0 Å². The summed E-state index contributed by atoms with van der Waals surface area (Å²) in [5.74, 6) is -3.26. The van der Waals surface area contributed by atoms with Crippen LogP contribution in [-0.4, -0.2) is 99.1 Å². The van der Waals surface area contributed by atoms with Gasteiger partial charge in [0, 0.05) is 23.8 Å². The van der Waals surface area contributed by atoms with Gasteiger partial charge >= 0.3 is 5.97 Å². The van der Waals surface area contributed by atoms with Crippen LogP contribution in [0.1, 0.15) is 78.6 Å². The van der Waals surface area contributed by atoms with Crippen molar-refractivity contribution in [1.82, 2.24) is 15.1 Å². The molecule has 2 bridgehead atoms. The standard InChI is InChI=1S/C33H50BrN3O7/c1-6-9-15-25(39)35-18-21(5)43-32(42)26-27-30(40)37(24(19-38)20(4)8-3)29(33(27)17-23(34)28(26)44-33)31(41)36(16-7-2)22-13-11-10-12-14-22/h6-7,20-24,26-29,38H,1-2,8-19H2,3-5H3,(H,35,39)/t20-,21-,23?,24-,26-,27+,28-,29-,33+/m0/s1. The van der Waals surface area contributed by atoms with Crippen LogP contribution in [0.15, 0.2) is 25.3 Å². The fraction of sp³-hybridized carbons (Fsp3) is 0.758. The number of likely N-dealkylation sites (tertiary alicyclic amines) is 1. The molecule has 1 aliphatic carbocycles. The molecule has 0 aromatic carbocycles. The molecule has 11 heteroatoms. The SMILES string of the molecule is C=CCCC(=O)NC[C@H](C)OC(=O)[C@@H]1[C@H]2O[C@@]3(CC2Br)[C@H](C(=O)N(CC=C)C2CCCCC2)N([C@@H](CO)[C@@H](C)CC)C(=O)[C@@H]13. The van der Waals surface area contributed by atoms with E-state index in [-0.39, 0.29) is 47.7 Å². The molecular weight excluding hydrogens is 630 g/mol. The summed E-state index contributed by atoms with van der Waals surface area (Å²) >= 11 is 3.71. The number of aliphatic hydroxyl groups excluding tert-OH is 1. The normalized spacial score (nSPS) is 31.6. The molecule has 1 saturated carbocycles. The Morgan fingerprint density at radius 1 is 1.23 bits per heavy atom. The Morgan fingerprint density at radius 3 is 2.55 bits per heavy atom. The van der Waals surface area contributed by atoms with E-state index in [2.05, 4.69) is 34.4 Å². The van der Waals surface area contributed by atoms with E-state index in [1.54, 1.807) is 24.0 Å². The summed E-state index contributed by atoms with van der Waals surface area (Å²) in [6.45, 7) is 13.4. The van der Waals surface area contributed by atoms with E-state index < -0.39 is 47.7 Å². The maximum Gasteiger partial charge on any atom is 0.312 e. The van der Waals surface area contributed by atoms with Crippen LogP contribution in [0.4, 0.5) is 0 Å². The van der Waals surface area contributed by atoms with E-state index in [1.165, 1.54) is 0 Å². The molecule has 10 nitrogen and oxygen atoms in total. The fourth-order valence-electron chi connectivity index (χ4n) is 7.79. The minimum atomic E-state index is -1.24. The molecule has 3 heterocycles. The lowest BCUT2D eigenvalue weighted by molar-refractivity contribution is -0.160. The lowest BCUT2D eigenvalue weighted by atomic mass is 9.70. The number of aliphatic hydroxyl groups is 1. The van der Waals surface area contributed by atoms with Crippen molar-refractivity contribution in [2.75, 3.05) is 19.7 Å². The summed E-state index contributed by atoms with van der Waals surface area (Å²) in [6, 6.07) is -1.58. The summed E-state index contributed by atoms with van der Waals surface area (Å²) in [5.41, 5.74) is -1.24. The predicted octanol–water partition coefficient (Wildman–Crippen LogP) is 3.50. The van der Waals surface area contributed by atoms with Gasteiger partial charge in [0.2, 0.25) is 17.7 Å². The van der Waals surface area contributed by atoms with Gasteiger partial charge < -0.3 is 29.7 Å². The first-order valence-electron chi connectivity index (χ1n) is 16.3. The van der Waals surface area contributed by atoms with Crippen LogP contribution in [0.3, 0.4) is 0 Å². The van der Waals surface area contributed by atoms with Crippen molar-refractivity contribution >= 4 is 39.6 Å². The van der Waals surface area contributed by atoms with E-state index in [4.69, 9.17) is 9.47 Å². The van der Waals surface area contributed by atoms with Crippen LogP contribution in [-0.2, 0) is 28.7 Å². The van der Waals surface area contributed by atoms with Crippen LogP contribution in [0.5, 0.6) is 0 Å².